The summed E-state index contributed by atoms with van der Waals surface area (Å²) in [6.45, 7) is 6.83. The Morgan fingerprint density at radius 2 is 2.12 bits per heavy atom. The topological polar surface area (TPSA) is 41.1 Å². The van der Waals surface area contributed by atoms with E-state index in [-0.39, 0.29) is 5.91 Å². The summed E-state index contributed by atoms with van der Waals surface area (Å²) in [6, 6.07) is 6.31. The Kier molecular flexibility index (Phi) is 5.65. The fraction of sp³-hybridized carbons (Fsp3) is 0.462. The largest absolute Gasteiger partial charge is 0.325 e. The van der Waals surface area contributed by atoms with Gasteiger partial charge >= 0.3 is 0 Å². The number of amides is 1. The van der Waals surface area contributed by atoms with Crippen molar-refractivity contribution in [3.05, 3.63) is 28.2 Å². The molecule has 0 aliphatic carbocycles. The van der Waals surface area contributed by atoms with E-state index in [0.29, 0.717) is 19.0 Å². The highest BCUT2D eigenvalue weighted by Gasteiger charge is 2.05. The van der Waals surface area contributed by atoms with Crippen LogP contribution >= 0.6 is 15.9 Å². The average molecular weight is 299 g/mol. The van der Waals surface area contributed by atoms with Gasteiger partial charge in [-0.15, -0.1) is 0 Å². The second kappa shape index (κ2) is 6.77. The summed E-state index contributed by atoms with van der Waals surface area (Å²) < 4.78 is 0.910. The molecular weight excluding hydrogens is 280 g/mol. The summed E-state index contributed by atoms with van der Waals surface area (Å²) in [7, 11) is 0. The molecule has 1 amide bonds. The highest BCUT2D eigenvalue weighted by Crippen LogP contribution is 2.23. The average Bonchev–Trinajstić information content (AvgIpc) is 2.23. The van der Waals surface area contributed by atoms with Crippen LogP contribution in [0.15, 0.2) is 22.7 Å². The van der Waals surface area contributed by atoms with E-state index in [0.717, 1.165) is 15.7 Å². The van der Waals surface area contributed by atoms with Crippen molar-refractivity contribution in [1.82, 2.24) is 5.32 Å². The first-order chi connectivity index (χ1) is 7.99. The van der Waals surface area contributed by atoms with Crippen molar-refractivity contribution in [3.63, 3.8) is 0 Å². The van der Waals surface area contributed by atoms with Gasteiger partial charge in [0.15, 0.2) is 0 Å². The Morgan fingerprint density at radius 1 is 1.41 bits per heavy atom. The van der Waals surface area contributed by atoms with Crippen molar-refractivity contribution in [2.24, 2.45) is 0 Å². The minimum Gasteiger partial charge on any atom is -0.325 e. The van der Waals surface area contributed by atoms with Crippen LogP contribution in [0.4, 0.5) is 5.69 Å². The highest BCUT2D eigenvalue weighted by atomic mass is 79.9. The first kappa shape index (κ1) is 14.2. The Bertz CT molecular complexity index is 391. The third-order valence-electron chi connectivity index (χ3n) is 2.30. The van der Waals surface area contributed by atoms with Crippen molar-refractivity contribution < 1.29 is 4.79 Å². The van der Waals surface area contributed by atoms with Crippen LogP contribution in [0.2, 0.25) is 0 Å². The molecule has 0 saturated heterocycles. The van der Waals surface area contributed by atoms with E-state index in [4.69, 9.17) is 0 Å². The maximum atomic E-state index is 11.7. The monoisotopic (exact) mass is 298 g/mol. The first-order valence-corrected chi connectivity index (χ1v) is 6.57. The fourth-order valence-electron chi connectivity index (χ4n) is 1.42. The summed E-state index contributed by atoms with van der Waals surface area (Å²) in [4.78, 5) is 11.7. The normalized spacial score (nSPS) is 10.6. The van der Waals surface area contributed by atoms with Crippen molar-refractivity contribution in [2.45, 2.75) is 33.2 Å². The Balaban J connectivity index is 2.47. The summed E-state index contributed by atoms with van der Waals surface area (Å²) in [5, 5.41) is 6.11. The number of halogens is 1. The van der Waals surface area contributed by atoms with Crippen LogP contribution in [-0.2, 0) is 4.79 Å². The summed E-state index contributed by atoms with van der Waals surface area (Å²) >= 11 is 3.42. The molecule has 0 aliphatic heterocycles. The number of carbonyl (C=O) groups is 1. The number of rotatable bonds is 5. The molecule has 0 aliphatic rings. The molecule has 0 heterocycles. The molecule has 17 heavy (non-hydrogen) atoms. The van der Waals surface area contributed by atoms with Crippen molar-refractivity contribution >= 4 is 27.5 Å². The van der Waals surface area contributed by atoms with E-state index in [9.17, 15) is 4.79 Å². The van der Waals surface area contributed by atoms with Gasteiger partial charge in [-0.3, -0.25) is 4.79 Å². The molecule has 4 heteroatoms. The number of carbonyl (C=O) groups excluding carboxylic acids is 1. The second-order valence-corrected chi connectivity index (χ2v) is 5.24. The molecule has 0 fully saturated rings. The number of hydrogen-bond donors (Lipinski definition) is 2. The van der Waals surface area contributed by atoms with Crippen LogP contribution in [0.3, 0.4) is 0 Å². The Labute approximate surface area is 111 Å². The molecule has 0 spiro atoms. The van der Waals surface area contributed by atoms with Gasteiger partial charge < -0.3 is 10.6 Å². The maximum absolute atomic E-state index is 11.7. The molecule has 1 aromatic carbocycles. The third kappa shape index (κ3) is 5.33. The minimum absolute atomic E-state index is 0.0319. The number of hydrogen-bond acceptors (Lipinski definition) is 2. The minimum atomic E-state index is 0.0319. The van der Waals surface area contributed by atoms with E-state index in [2.05, 4.69) is 40.4 Å². The standard InChI is InChI=1S/C13H19BrN2O/c1-9(2)15-7-6-13(17)16-12-8-10(3)4-5-11(12)14/h4-5,8-9,15H,6-7H2,1-3H3,(H,16,17). The van der Waals surface area contributed by atoms with Crippen LogP contribution in [0.5, 0.6) is 0 Å². The lowest BCUT2D eigenvalue weighted by Gasteiger charge is -2.10. The van der Waals surface area contributed by atoms with E-state index < -0.39 is 0 Å². The molecule has 3 nitrogen and oxygen atoms in total. The highest BCUT2D eigenvalue weighted by molar-refractivity contribution is 9.10. The van der Waals surface area contributed by atoms with E-state index in [1.165, 1.54) is 0 Å². The van der Waals surface area contributed by atoms with Crippen LogP contribution in [0.1, 0.15) is 25.8 Å². The van der Waals surface area contributed by atoms with Crippen LogP contribution in [0.25, 0.3) is 0 Å². The quantitative estimate of drug-likeness (QED) is 0.877. The predicted molar refractivity (Wildman–Crippen MR) is 75.3 cm³/mol. The van der Waals surface area contributed by atoms with Gasteiger partial charge in [0, 0.05) is 23.5 Å². The van der Waals surface area contributed by atoms with Gasteiger partial charge in [-0.1, -0.05) is 19.9 Å². The van der Waals surface area contributed by atoms with E-state index in [1.807, 2.05) is 25.1 Å². The lowest BCUT2D eigenvalue weighted by atomic mass is 10.2. The molecule has 0 unspecified atom stereocenters. The molecule has 94 valence electrons. The molecule has 0 bridgehead atoms. The van der Waals surface area contributed by atoms with Crippen LogP contribution < -0.4 is 10.6 Å². The molecule has 0 atom stereocenters. The molecular formula is C13H19BrN2O. The molecule has 0 aromatic heterocycles. The van der Waals surface area contributed by atoms with Gasteiger partial charge in [-0.2, -0.15) is 0 Å². The van der Waals surface area contributed by atoms with E-state index >= 15 is 0 Å². The van der Waals surface area contributed by atoms with Crippen molar-refractivity contribution in [1.29, 1.82) is 0 Å². The lowest BCUT2D eigenvalue weighted by molar-refractivity contribution is -0.116. The fourth-order valence-corrected chi connectivity index (χ4v) is 1.77. The van der Waals surface area contributed by atoms with E-state index in [1.54, 1.807) is 0 Å². The zero-order valence-electron chi connectivity index (χ0n) is 10.5. The van der Waals surface area contributed by atoms with Gasteiger partial charge in [0.2, 0.25) is 5.91 Å². The molecule has 1 rings (SSSR count). The van der Waals surface area contributed by atoms with Gasteiger partial charge in [0.05, 0.1) is 5.69 Å². The summed E-state index contributed by atoms with van der Waals surface area (Å²) in [6.07, 6.45) is 0.485. The zero-order valence-corrected chi connectivity index (χ0v) is 12.1. The molecule has 0 radical (unpaired) electrons. The van der Waals surface area contributed by atoms with Crippen LogP contribution in [-0.4, -0.2) is 18.5 Å². The number of nitrogens with one attached hydrogen (secondary N) is 2. The second-order valence-electron chi connectivity index (χ2n) is 4.39. The van der Waals surface area contributed by atoms with Gasteiger partial charge in [0.25, 0.3) is 0 Å². The van der Waals surface area contributed by atoms with Crippen molar-refractivity contribution in [3.8, 4) is 0 Å². The van der Waals surface area contributed by atoms with Crippen molar-refractivity contribution in [2.75, 3.05) is 11.9 Å². The van der Waals surface area contributed by atoms with Gasteiger partial charge in [-0.05, 0) is 40.5 Å². The first-order valence-electron chi connectivity index (χ1n) is 5.78. The number of anilines is 1. The number of benzene rings is 1. The Morgan fingerprint density at radius 3 is 2.76 bits per heavy atom. The van der Waals surface area contributed by atoms with Gasteiger partial charge in [-0.25, -0.2) is 0 Å². The third-order valence-corrected chi connectivity index (χ3v) is 2.99. The smallest absolute Gasteiger partial charge is 0.225 e. The number of aryl methyl sites for hydroxylation is 1. The molecule has 2 N–H and O–H groups in total. The zero-order chi connectivity index (χ0) is 12.8. The predicted octanol–water partition coefficient (Wildman–Crippen LogP) is 3.08. The van der Waals surface area contributed by atoms with Gasteiger partial charge in [0.1, 0.15) is 0 Å². The van der Waals surface area contributed by atoms with Crippen LogP contribution in [0, 0.1) is 6.92 Å². The lowest BCUT2D eigenvalue weighted by Crippen LogP contribution is -2.27. The maximum Gasteiger partial charge on any atom is 0.225 e. The molecule has 1 aromatic rings. The summed E-state index contributed by atoms with van der Waals surface area (Å²) in [5.41, 5.74) is 1.96. The molecule has 0 saturated carbocycles. The SMILES string of the molecule is Cc1ccc(Br)c(NC(=O)CCNC(C)C)c1. The summed E-state index contributed by atoms with van der Waals surface area (Å²) in [5.74, 6) is 0.0319. The Hall–Kier alpha value is -0.870.